The Hall–Kier alpha value is -1.13. The number of likely N-dealkylation sites (tertiary alicyclic amines) is 1. The summed E-state index contributed by atoms with van der Waals surface area (Å²) in [6.45, 7) is 4.48. The SMILES string of the molecule is CC[C@H]1CN(C(=O)C2CC2)CC[C@@H]1NCc1ccc(Cl)c(F)c1. The van der Waals surface area contributed by atoms with E-state index in [1.807, 2.05) is 11.0 Å². The minimum atomic E-state index is -0.372. The predicted molar refractivity (Wildman–Crippen MR) is 89.7 cm³/mol. The van der Waals surface area contributed by atoms with Crippen LogP contribution in [0.2, 0.25) is 5.02 Å². The van der Waals surface area contributed by atoms with Crippen LogP contribution in [0, 0.1) is 17.7 Å². The Morgan fingerprint density at radius 3 is 2.83 bits per heavy atom. The highest BCUT2D eigenvalue weighted by molar-refractivity contribution is 6.30. The summed E-state index contributed by atoms with van der Waals surface area (Å²) in [5.74, 6) is 0.738. The molecule has 126 valence electrons. The van der Waals surface area contributed by atoms with E-state index in [1.54, 1.807) is 6.07 Å². The van der Waals surface area contributed by atoms with Crippen LogP contribution in [0.4, 0.5) is 4.39 Å². The van der Waals surface area contributed by atoms with E-state index in [0.29, 0.717) is 30.3 Å². The van der Waals surface area contributed by atoms with Gasteiger partial charge in [-0.1, -0.05) is 31.0 Å². The van der Waals surface area contributed by atoms with Crippen molar-refractivity contribution < 1.29 is 9.18 Å². The Bertz CT molecular complexity index is 576. The van der Waals surface area contributed by atoms with Crippen LogP contribution in [-0.2, 0) is 11.3 Å². The molecule has 0 aromatic heterocycles. The molecule has 1 saturated carbocycles. The van der Waals surface area contributed by atoms with Crippen LogP contribution in [0.15, 0.2) is 18.2 Å². The monoisotopic (exact) mass is 338 g/mol. The molecule has 0 unspecified atom stereocenters. The molecule has 23 heavy (non-hydrogen) atoms. The fourth-order valence-electron chi connectivity index (χ4n) is 3.40. The zero-order valence-corrected chi connectivity index (χ0v) is 14.3. The average Bonchev–Trinajstić information content (AvgIpc) is 3.40. The molecule has 0 spiro atoms. The van der Waals surface area contributed by atoms with Crippen molar-refractivity contribution in [2.75, 3.05) is 13.1 Å². The number of carbonyl (C=O) groups is 1. The predicted octanol–water partition coefficient (Wildman–Crippen LogP) is 3.61. The summed E-state index contributed by atoms with van der Waals surface area (Å²) in [5, 5.41) is 3.70. The second-order valence-corrected chi connectivity index (χ2v) is 7.16. The van der Waals surface area contributed by atoms with Crippen LogP contribution in [0.5, 0.6) is 0 Å². The van der Waals surface area contributed by atoms with Crippen molar-refractivity contribution in [1.82, 2.24) is 10.2 Å². The third kappa shape index (κ3) is 4.04. The maximum atomic E-state index is 13.5. The van der Waals surface area contributed by atoms with Crippen LogP contribution in [0.25, 0.3) is 0 Å². The molecule has 1 aliphatic heterocycles. The number of nitrogens with one attached hydrogen (secondary N) is 1. The molecule has 1 aromatic rings. The first-order valence-electron chi connectivity index (χ1n) is 8.54. The zero-order valence-electron chi connectivity index (χ0n) is 13.5. The molecule has 5 heteroatoms. The summed E-state index contributed by atoms with van der Waals surface area (Å²) in [7, 11) is 0. The molecule has 0 radical (unpaired) electrons. The highest BCUT2D eigenvalue weighted by Gasteiger charge is 2.37. The van der Waals surface area contributed by atoms with Crippen molar-refractivity contribution in [1.29, 1.82) is 0 Å². The van der Waals surface area contributed by atoms with Gasteiger partial charge in [0.05, 0.1) is 5.02 Å². The number of amides is 1. The molecule has 1 amide bonds. The van der Waals surface area contributed by atoms with Gasteiger partial charge >= 0.3 is 0 Å². The van der Waals surface area contributed by atoms with Gasteiger partial charge in [-0.05, 0) is 42.9 Å². The third-order valence-corrected chi connectivity index (χ3v) is 5.36. The summed E-state index contributed by atoms with van der Waals surface area (Å²) in [5.41, 5.74) is 0.901. The maximum absolute atomic E-state index is 13.5. The van der Waals surface area contributed by atoms with Crippen molar-refractivity contribution in [2.45, 2.75) is 45.2 Å². The minimum Gasteiger partial charge on any atom is -0.342 e. The first-order chi connectivity index (χ1) is 11.1. The Labute approximate surface area is 142 Å². The molecule has 3 rings (SSSR count). The maximum Gasteiger partial charge on any atom is 0.225 e. The van der Waals surface area contributed by atoms with E-state index in [9.17, 15) is 9.18 Å². The summed E-state index contributed by atoms with van der Waals surface area (Å²) in [4.78, 5) is 14.3. The number of hydrogen-bond donors (Lipinski definition) is 1. The molecule has 1 aromatic carbocycles. The molecule has 0 bridgehead atoms. The van der Waals surface area contributed by atoms with Crippen molar-refractivity contribution >= 4 is 17.5 Å². The molecule has 2 atom stereocenters. The van der Waals surface area contributed by atoms with Gasteiger partial charge in [-0.15, -0.1) is 0 Å². The van der Waals surface area contributed by atoms with Gasteiger partial charge in [-0.3, -0.25) is 4.79 Å². The van der Waals surface area contributed by atoms with E-state index >= 15 is 0 Å². The van der Waals surface area contributed by atoms with Crippen LogP contribution >= 0.6 is 11.6 Å². The number of nitrogens with zero attached hydrogens (tertiary/aromatic N) is 1. The van der Waals surface area contributed by atoms with Gasteiger partial charge in [0.15, 0.2) is 0 Å². The normalized spacial score (nSPS) is 24.7. The van der Waals surface area contributed by atoms with Gasteiger partial charge in [0, 0.05) is 31.6 Å². The van der Waals surface area contributed by atoms with Gasteiger partial charge in [0.2, 0.25) is 5.91 Å². The standard InChI is InChI=1S/C18H24ClFN2O/c1-2-13-11-22(18(23)14-4-5-14)8-7-17(13)21-10-12-3-6-15(19)16(20)9-12/h3,6,9,13-14,17,21H,2,4-5,7-8,10-11H2,1H3/t13-,17-/m0/s1. The second kappa shape index (κ2) is 7.18. The molecule has 2 fully saturated rings. The van der Waals surface area contributed by atoms with Crippen LogP contribution < -0.4 is 5.32 Å². The smallest absolute Gasteiger partial charge is 0.225 e. The topological polar surface area (TPSA) is 32.3 Å². The molecular weight excluding hydrogens is 315 g/mol. The number of piperidine rings is 1. The summed E-state index contributed by atoms with van der Waals surface area (Å²) in [6.07, 6.45) is 4.14. The van der Waals surface area contributed by atoms with E-state index in [0.717, 1.165) is 44.3 Å². The highest BCUT2D eigenvalue weighted by atomic mass is 35.5. The van der Waals surface area contributed by atoms with E-state index < -0.39 is 0 Å². The lowest BCUT2D eigenvalue weighted by atomic mass is 9.89. The first-order valence-corrected chi connectivity index (χ1v) is 8.92. The molecule has 2 aliphatic rings. The lowest BCUT2D eigenvalue weighted by Gasteiger charge is -2.39. The molecule has 1 aliphatic carbocycles. The zero-order chi connectivity index (χ0) is 16.4. The Morgan fingerprint density at radius 1 is 1.39 bits per heavy atom. The van der Waals surface area contributed by atoms with Crippen LogP contribution in [-0.4, -0.2) is 29.9 Å². The largest absolute Gasteiger partial charge is 0.342 e. The molecule has 3 nitrogen and oxygen atoms in total. The van der Waals surface area contributed by atoms with Crippen LogP contribution in [0.3, 0.4) is 0 Å². The molecule has 1 N–H and O–H groups in total. The fraction of sp³-hybridized carbons (Fsp3) is 0.611. The van der Waals surface area contributed by atoms with Crippen molar-refractivity contribution in [2.24, 2.45) is 11.8 Å². The summed E-state index contributed by atoms with van der Waals surface area (Å²) >= 11 is 5.72. The van der Waals surface area contributed by atoms with Gasteiger partial charge in [0.25, 0.3) is 0 Å². The van der Waals surface area contributed by atoms with E-state index in [4.69, 9.17) is 11.6 Å². The average molecular weight is 339 g/mol. The number of carbonyl (C=O) groups excluding carboxylic acids is 1. The van der Waals surface area contributed by atoms with E-state index in [-0.39, 0.29) is 10.8 Å². The highest BCUT2D eigenvalue weighted by Crippen LogP contribution is 2.33. The van der Waals surface area contributed by atoms with Crippen LogP contribution in [0.1, 0.15) is 38.2 Å². The van der Waals surface area contributed by atoms with Crippen molar-refractivity contribution in [3.05, 3.63) is 34.6 Å². The van der Waals surface area contributed by atoms with E-state index in [1.165, 1.54) is 6.07 Å². The summed E-state index contributed by atoms with van der Waals surface area (Å²) in [6, 6.07) is 5.32. The van der Waals surface area contributed by atoms with Gasteiger partial charge < -0.3 is 10.2 Å². The fourth-order valence-corrected chi connectivity index (χ4v) is 3.52. The van der Waals surface area contributed by atoms with Gasteiger partial charge in [-0.2, -0.15) is 0 Å². The Kier molecular flexibility index (Phi) is 5.22. The van der Waals surface area contributed by atoms with Crippen molar-refractivity contribution in [3.8, 4) is 0 Å². The lowest BCUT2D eigenvalue weighted by molar-refractivity contribution is -0.134. The Balaban J connectivity index is 1.55. The first kappa shape index (κ1) is 16.7. The number of halogens is 2. The van der Waals surface area contributed by atoms with E-state index in [2.05, 4.69) is 12.2 Å². The molecule has 1 heterocycles. The Morgan fingerprint density at radius 2 is 2.17 bits per heavy atom. The second-order valence-electron chi connectivity index (χ2n) is 6.75. The molecular formula is C18H24ClFN2O. The number of rotatable bonds is 5. The van der Waals surface area contributed by atoms with Gasteiger partial charge in [0.1, 0.15) is 5.82 Å². The van der Waals surface area contributed by atoms with Crippen molar-refractivity contribution in [3.63, 3.8) is 0 Å². The lowest BCUT2D eigenvalue weighted by Crippen LogP contribution is -2.51. The number of hydrogen-bond acceptors (Lipinski definition) is 2. The molecule has 1 saturated heterocycles. The summed E-state index contributed by atoms with van der Waals surface area (Å²) < 4.78 is 13.5. The minimum absolute atomic E-state index is 0.159. The quantitative estimate of drug-likeness (QED) is 0.889. The number of benzene rings is 1. The van der Waals surface area contributed by atoms with Gasteiger partial charge in [-0.25, -0.2) is 4.39 Å². The third-order valence-electron chi connectivity index (χ3n) is 5.05.